The first-order valence-corrected chi connectivity index (χ1v) is 7.31. The highest BCUT2D eigenvalue weighted by atomic mass is 16.4. The molecule has 0 spiro atoms. The van der Waals surface area contributed by atoms with Gasteiger partial charge in [-0.15, -0.1) is 0 Å². The standard InChI is InChI=1S/C8H16O2.C6H14N2O2/c1-3-5-7(6-4-2)8(9)10;7-4-2-1-3-5(8)6(9)10/h7H,3-6H2,1-2H3,(H,9,10);5H,1-4,7-8H2,(H,9,10)/t;5-/m.0/s1. The summed E-state index contributed by atoms with van der Waals surface area (Å²) in [6, 6.07) is -0.716. The summed E-state index contributed by atoms with van der Waals surface area (Å²) < 4.78 is 0. The number of unbranched alkanes of at least 4 members (excludes halogenated alkanes) is 1. The van der Waals surface area contributed by atoms with E-state index in [2.05, 4.69) is 0 Å². The second-order valence-corrected chi connectivity index (χ2v) is 4.84. The van der Waals surface area contributed by atoms with E-state index in [1.165, 1.54) is 0 Å². The van der Waals surface area contributed by atoms with E-state index in [1.54, 1.807) is 0 Å². The van der Waals surface area contributed by atoms with E-state index in [1.807, 2.05) is 13.8 Å². The lowest BCUT2D eigenvalue weighted by atomic mass is 9.99. The topological polar surface area (TPSA) is 127 Å². The zero-order valence-corrected chi connectivity index (χ0v) is 12.7. The smallest absolute Gasteiger partial charge is 0.320 e. The number of carboxylic acid groups (broad SMARTS) is 2. The first kappa shape index (κ1) is 21.2. The Hall–Kier alpha value is -1.14. The van der Waals surface area contributed by atoms with Crippen LogP contribution in [0.1, 0.15) is 58.8 Å². The lowest BCUT2D eigenvalue weighted by Crippen LogP contribution is -2.29. The molecule has 0 aromatic carbocycles. The van der Waals surface area contributed by atoms with Crippen LogP contribution in [0.5, 0.6) is 0 Å². The van der Waals surface area contributed by atoms with Crippen LogP contribution in [-0.2, 0) is 9.59 Å². The lowest BCUT2D eigenvalue weighted by molar-refractivity contribution is -0.142. The molecule has 0 aliphatic rings. The summed E-state index contributed by atoms with van der Waals surface area (Å²) in [5.41, 5.74) is 10.4. The Bertz CT molecular complexity index is 254. The summed E-state index contributed by atoms with van der Waals surface area (Å²) in [5, 5.41) is 17.0. The minimum Gasteiger partial charge on any atom is -0.481 e. The lowest BCUT2D eigenvalue weighted by Gasteiger charge is -2.07. The second kappa shape index (κ2) is 14.3. The minimum absolute atomic E-state index is 0.102. The van der Waals surface area contributed by atoms with Crippen molar-refractivity contribution in [1.82, 2.24) is 0 Å². The fourth-order valence-electron chi connectivity index (χ4n) is 1.72. The van der Waals surface area contributed by atoms with Crippen molar-refractivity contribution in [2.75, 3.05) is 6.54 Å². The van der Waals surface area contributed by atoms with Gasteiger partial charge in [-0.3, -0.25) is 9.59 Å². The predicted molar refractivity (Wildman–Crippen MR) is 79.5 cm³/mol. The molecule has 120 valence electrons. The largest absolute Gasteiger partial charge is 0.481 e. The van der Waals surface area contributed by atoms with Gasteiger partial charge in [0.2, 0.25) is 0 Å². The molecule has 0 fully saturated rings. The van der Waals surface area contributed by atoms with Crippen LogP contribution in [0.3, 0.4) is 0 Å². The predicted octanol–water partition coefficient (Wildman–Crippen LogP) is 1.81. The van der Waals surface area contributed by atoms with Crippen LogP contribution in [0.2, 0.25) is 0 Å². The van der Waals surface area contributed by atoms with E-state index in [4.69, 9.17) is 21.7 Å². The molecule has 6 heteroatoms. The summed E-state index contributed by atoms with van der Waals surface area (Å²) in [7, 11) is 0. The van der Waals surface area contributed by atoms with Crippen molar-refractivity contribution in [2.45, 2.75) is 64.8 Å². The number of hydrogen-bond acceptors (Lipinski definition) is 4. The van der Waals surface area contributed by atoms with Crippen LogP contribution in [0.25, 0.3) is 0 Å². The highest BCUT2D eigenvalue weighted by molar-refractivity contribution is 5.72. The van der Waals surface area contributed by atoms with E-state index >= 15 is 0 Å². The van der Waals surface area contributed by atoms with Crippen molar-refractivity contribution in [2.24, 2.45) is 17.4 Å². The van der Waals surface area contributed by atoms with Gasteiger partial charge in [0.15, 0.2) is 0 Å². The number of carboxylic acids is 2. The average molecular weight is 290 g/mol. The fourth-order valence-corrected chi connectivity index (χ4v) is 1.72. The fraction of sp³-hybridized carbons (Fsp3) is 0.857. The highest BCUT2D eigenvalue weighted by Gasteiger charge is 2.13. The van der Waals surface area contributed by atoms with Crippen molar-refractivity contribution < 1.29 is 19.8 Å². The molecule has 0 aliphatic carbocycles. The number of carbonyl (C=O) groups is 2. The van der Waals surface area contributed by atoms with Gasteiger partial charge in [-0.1, -0.05) is 33.1 Å². The van der Waals surface area contributed by atoms with Crippen LogP contribution in [0.15, 0.2) is 0 Å². The Morgan fingerprint density at radius 3 is 1.75 bits per heavy atom. The third kappa shape index (κ3) is 13.3. The molecule has 20 heavy (non-hydrogen) atoms. The highest BCUT2D eigenvalue weighted by Crippen LogP contribution is 2.12. The Morgan fingerprint density at radius 2 is 1.45 bits per heavy atom. The Morgan fingerprint density at radius 1 is 0.950 bits per heavy atom. The summed E-state index contributed by atoms with van der Waals surface area (Å²) in [5.74, 6) is -1.67. The summed E-state index contributed by atoms with van der Waals surface area (Å²) in [4.78, 5) is 20.6. The van der Waals surface area contributed by atoms with Gasteiger partial charge in [-0.2, -0.15) is 0 Å². The quantitative estimate of drug-likeness (QED) is 0.454. The number of hydrogen-bond donors (Lipinski definition) is 4. The molecule has 0 heterocycles. The third-order valence-electron chi connectivity index (χ3n) is 2.91. The van der Waals surface area contributed by atoms with Gasteiger partial charge in [0.05, 0.1) is 5.92 Å². The summed E-state index contributed by atoms with van der Waals surface area (Å²) >= 11 is 0. The number of nitrogens with two attached hydrogens (primary N) is 2. The normalized spacial score (nSPS) is 11.7. The Balaban J connectivity index is 0. The van der Waals surface area contributed by atoms with Gasteiger partial charge in [0.1, 0.15) is 6.04 Å². The molecular formula is C14H30N2O4. The van der Waals surface area contributed by atoms with Crippen molar-refractivity contribution in [3.63, 3.8) is 0 Å². The zero-order chi connectivity index (χ0) is 16.0. The molecule has 0 rings (SSSR count). The first-order valence-electron chi connectivity index (χ1n) is 7.31. The van der Waals surface area contributed by atoms with Crippen LogP contribution in [0, 0.1) is 5.92 Å². The van der Waals surface area contributed by atoms with Crippen molar-refractivity contribution in [1.29, 1.82) is 0 Å². The molecule has 0 aliphatic heterocycles. The molecule has 6 nitrogen and oxygen atoms in total. The molecule has 0 aromatic rings. The van der Waals surface area contributed by atoms with E-state index in [-0.39, 0.29) is 5.92 Å². The van der Waals surface area contributed by atoms with Crippen LogP contribution in [-0.4, -0.2) is 34.7 Å². The summed E-state index contributed by atoms with van der Waals surface area (Å²) in [6.45, 7) is 4.64. The second-order valence-electron chi connectivity index (χ2n) is 4.84. The number of rotatable bonds is 10. The molecule has 0 saturated heterocycles. The van der Waals surface area contributed by atoms with Crippen molar-refractivity contribution in [3.8, 4) is 0 Å². The van der Waals surface area contributed by atoms with Gasteiger partial charge in [0.25, 0.3) is 0 Å². The summed E-state index contributed by atoms with van der Waals surface area (Å²) in [6.07, 6.45) is 5.75. The van der Waals surface area contributed by atoms with E-state index in [9.17, 15) is 9.59 Å². The van der Waals surface area contributed by atoms with Crippen molar-refractivity contribution >= 4 is 11.9 Å². The molecule has 0 amide bonds. The van der Waals surface area contributed by atoms with Gasteiger partial charge >= 0.3 is 11.9 Å². The monoisotopic (exact) mass is 290 g/mol. The van der Waals surface area contributed by atoms with E-state index in [0.29, 0.717) is 13.0 Å². The third-order valence-corrected chi connectivity index (χ3v) is 2.91. The minimum atomic E-state index is -0.933. The molecular weight excluding hydrogens is 260 g/mol. The maximum atomic E-state index is 10.5. The maximum Gasteiger partial charge on any atom is 0.320 e. The maximum absolute atomic E-state index is 10.5. The van der Waals surface area contributed by atoms with Crippen molar-refractivity contribution in [3.05, 3.63) is 0 Å². The molecule has 1 atom stereocenters. The molecule has 0 bridgehead atoms. The van der Waals surface area contributed by atoms with E-state index < -0.39 is 18.0 Å². The van der Waals surface area contributed by atoms with Crippen LogP contribution in [0.4, 0.5) is 0 Å². The van der Waals surface area contributed by atoms with Crippen LogP contribution >= 0.6 is 0 Å². The van der Waals surface area contributed by atoms with Gasteiger partial charge < -0.3 is 21.7 Å². The number of aliphatic carboxylic acids is 2. The van der Waals surface area contributed by atoms with Gasteiger partial charge in [0, 0.05) is 0 Å². The Labute approximate surface area is 121 Å². The SMILES string of the molecule is CCCC(CCC)C(=O)O.NCCCC[C@H](N)C(=O)O. The molecule has 0 aromatic heterocycles. The molecule has 0 unspecified atom stereocenters. The molecule has 0 saturated carbocycles. The van der Waals surface area contributed by atoms with E-state index in [0.717, 1.165) is 38.5 Å². The zero-order valence-electron chi connectivity index (χ0n) is 12.7. The van der Waals surface area contributed by atoms with Gasteiger partial charge in [-0.25, -0.2) is 0 Å². The molecule has 6 N–H and O–H groups in total. The average Bonchev–Trinajstić information content (AvgIpc) is 2.39. The first-order chi connectivity index (χ1) is 9.40. The van der Waals surface area contributed by atoms with Crippen LogP contribution < -0.4 is 11.5 Å². The molecule has 0 radical (unpaired) electrons. The Kier molecular flexibility index (Phi) is 15.1. The van der Waals surface area contributed by atoms with Gasteiger partial charge in [-0.05, 0) is 32.2 Å².